The Morgan fingerprint density at radius 3 is 2.47 bits per heavy atom. The van der Waals surface area contributed by atoms with E-state index in [9.17, 15) is 0 Å². The fraction of sp³-hybridized carbons (Fsp3) is 0.375. The summed E-state index contributed by atoms with van der Waals surface area (Å²) in [6.07, 6.45) is 0. The van der Waals surface area contributed by atoms with Crippen LogP contribution >= 0.6 is 0 Å². The van der Waals surface area contributed by atoms with Gasteiger partial charge in [0.25, 0.3) is 0 Å². The Labute approximate surface area is 113 Å². The van der Waals surface area contributed by atoms with Crippen LogP contribution < -0.4 is 5.73 Å². The van der Waals surface area contributed by atoms with Gasteiger partial charge >= 0.3 is 0 Å². The van der Waals surface area contributed by atoms with Crippen LogP contribution in [0.15, 0.2) is 22.6 Å². The van der Waals surface area contributed by atoms with Gasteiger partial charge in [0.1, 0.15) is 11.5 Å². The van der Waals surface area contributed by atoms with Crippen LogP contribution in [0.2, 0.25) is 0 Å². The summed E-state index contributed by atoms with van der Waals surface area (Å²) in [5.41, 5.74) is 12.3. The number of ether oxygens (including phenoxy) is 1. The van der Waals surface area contributed by atoms with E-state index < -0.39 is 0 Å². The lowest BCUT2D eigenvalue weighted by molar-refractivity contribution is 0.134. The number of hydrogen-bond acceptors (Lipinski definition) is 3. The average Bonchev–Trinajstić information content (AvgIpc) is 2.94. The Hall–Kier alpha value is -1.58. The zero-order valence-electron chi connectivity index (χ0n) is 11.6. The van der Waals surface area contributed by atoms with Crippen molar-refractivity contribution in [2.75, 3.05) is 0 Å². The molecule has 2 heterocycles. The van der Waals surface area contributed by atoms with E-state index in [1.54, 1.807) is 0 Å². The van der Waals surface area contributed by atoms with Gasteiger partial charge in [0.05, 0.1) is 19.3 Å². The normalized spacial score (nSPS) is 15.6. The van der Waals surface area contributed by atoms with Crippen molar-refractivity contribution in [1.29, 1.82) is 0 Å². The highest BCUT2D eigenvalue weighted by Crippen LogP contribution is 2.31. The highest BCUT2D eigenvalue weighted by molar-refractivity contribution is 5.43. The van der Waals surface area contributed by atoms with Crippen molar-refractivity contribution < 1.29 is 9.15 Å². The summed E-state index contributed by atoms with van der Waals surface area (Å²) in [5, 5.41) is 0. The molecule has 3 nitrogen and oxygen atoms in total. The maximum Gasteiger partial charge on any atom is 0.106 e. The van der Waals surface area contributed by atoms with Gasteiger partial charge in [-0.3, -0.25) is 0 Å². The molecule has 1 unspecified atom stereocenters. The SMILES string of the molecule is Cc1oc(C)c(C(N)c2ccc3c(c2)COC3)c1C. The van der Waals surface area contributed by atoms with Crippen molar-refractivity contribution in [2.24, 2.45) is 5.73 Å². The van der Waals surface area contributed by atoms with Crippen molar-refractivity contribution in [1.82, 2.24) is 0 Å². The lowest BCUT2D eigenvalue weighted by Crippen LogP contribution is -2.13. The lowest BCUT2D eigenvalue weighted by atomic mass is 9.94. The molecule has 1 atom stereocenters. The average molecular weight is 257 g/mol. The van der Waals surface area contributed by atoms with Crippen LogP contribution in [0.1, 0.15) is 45.4 Å². The van der Waals surface area contributed by atoms with Gasteiger partial charge in [-0.1, -0.05) is 18.2 Å². The van der Waals surface area contributed by atoms with E-state index in [0.717, 1.165) is 28.2 Å². The topological polar surface area (TPSA) is 48.4 Å². The maximum absolute atomic E-state index is 6.42. The van der Waals surface area contributed by atoms with Crippen molar-refractivity contribution >= 4 is 0 Å². The summed E-state index contributed by atoms with van der Waals surface area (Å²) in [4.78, 5) is 0. The van der Waals surface area contributed by atoms with Crippen LogP contribution in [0, 0.1) is 20.8 Å². The summed E-state index contributed by atoms with van der Waals surface area (Å²) in [6.45, 7) is 7.43. The molecule has 0 fully saturated rings. The number of furan rings is 1. The predicted octanol–water partition coefficient (Wildman–Crippen LogP) is 3.28. The monoisotopic (exact) mass is 257 g/mol. The van der Waals surface area contributed by atoms with Gasteiger partial charge < -0.3 is 14.9 Å². The van der Waals surface area contributed by atoms with Crippen LogP contribution in [-0.4, -0.2) is 0 Å². The molecule has 100 valence electrons. The smallest absolute Gasteiger partial charge is 0.106 e. The molecule has 0 saturated carbocycles. The third-order valence-corrected chi connectivity index (χ3v) is 4.03. The van der Waals surface area contributed by atoms with Crippen LogP contribution in [0.3, 0.4) is 0 Å². The van der Waals surface area contributed by atoms with Gasteiger partial charge in [0, 0.05) is 5.56 Å². The number of fused-ring (bicyclic) bond motifs is 1. The molecule has 19 heavy (non-hydrogen) atoms. The van der Waals surface area contributed by atoms with Crippen LogP contribution in [0.25, 0.3) is 0 Å². The second-order valence-electron chi connectivity index (χ2n) is 5.25. The minimum Gasteiger partial charge on any atom is -0.466 e. The largest absolute Gasteiger partial charge is 0.466 e. The molecule has 0 aliphatic carbocycles. The Morgan fingerprint density at radius 2 is 1.79 bits per heavy atom. The third kappa shape index (κ3) is 1.99. The summed E-state index contributed by atoms with van der Waals surface area (Å²) in [7, 11) is 0. The zero-order valence-corrected chi connectivity index (χ0v) is 11.6. The van der Waals surface area contributed by atoms with Crippen molar-refractivity contribution in [3.8, 4) is 0 Å². The molecule has 1 aromatic carbocycles. The van der Waals surface area contributed by atoms with Crippen molar-refractivity contribution in [3.05, 3.63) is 57.5 Å². The second-order valence-corrected chi connectivity index (χ2v) is 5.25. The van der Waals surface area contributed by atoms with Gasteiger partial charge in [-0.05, 0) is 43.0 Å². The minimum atomic E-state index is -0.136. The molecule has 2 aromatic rings. The molecule has 2 N–H and O–H groups in total. The Balaban J connectivity index is 2.02. The number of aryl methyl sites for hydroxylation is 2. The number of rotatable bonds is 2. The Kier molecular flexibility index (Phi) is 2.96. The molecular weight excluding hydrogens is 238 g/mol. The van der Waals surface area contributed by atoms with Gasteiger partial charge in [0.15, 0.2) is 0 Å². The van der Waals surface area contributed by atoms with E-state index in [1.807, 2.05) is 13.8 Å². The van der Waals surface area contributed by atoms with Gasteiger partial charge in [-0.15, -0.1) is 0 Å². The first-order chi connectivity index (χ1) is 9.08. The van der Waals surface area contributed by atoms with E-state index in [4.69, 9.17) is 14.9 Å². The summed E-state index contributed by atoms with van der Waals surface area (Å²) in [5.74, 6) is 1.87. The quantitative estimate of drug-likeness (QED) is 0.898. The highest BCUT2D eigenvalue weighted by Gasteiger charge is 2.21. The first-order valence-corrected chi connectivity index (χ1v) is 6.59. The van der Waals surface area contributed by atoms with Crippen molar-refractivity contribution in [2.45, 2.75) is 40.0 Å². The van der Waals surface area contributed by atoms with E-state index in [2.05, 4.69) is 25.1 Å². The molecule has 0 bridgehead atoms. The van der Waals surface area contributed by atoms with E-state index >= 15 is 0 Å². The summed E-state index contributed by atoms with van der Waals surface area (Å²) < 4.78 is 11.1. The number of nitrogens with two attached hydrogens (primary N) is 1. The van der Waals surface area contributed by atoms with Gasteiger partial charge in [-0.25, -0.2) is 0 Å². The molecule has 3 heteroatoms. The molecule has 1 aliphatic rings. The standard InChI is InChI=1S/C16H19NO2/c1-9-10(2)19-11(3)15(9)16(17)12-4-5-13-7-18-8-14(13)6-12/h4-6,16H,7-8,17H2,1-3H3. The molecule has 1 aliphatic heterocycles. The second kappa shape index (κ2) is 4.51. The van der Waals surface area contributed by atoms with Gasteiger partial charge in [0.2, 0.25) is 0 Å². The Bertz CT molecular complexity index is 628. The molecule has 0 amide bonds. The molecule has 0 radical (unpaired) electrons. The van der Waals surface area contributed by atoms with E-state index in [0.29, 0.717) is 13.2 Å². The Morgan fingerprint density at radius 1 is 1.05 bits per heavy atom. The first-order valence-electron chi connectivity index (χ1n) is 6.59. The van der Waals surface area contributed by atoms with Gasteiger partial charge in [-0.2, -0.15) is 0 Å². The minimum absolute atomic E-state index is 0.136. The van der Waals surface area contributed by atoms with Crippen LogP contribution in [0.5, 0.6) is 0 Å². The molecule has 0 saturated heterocycles. The van der Waals surface area contributed by atoms with Crippen LogP contribution in [-0.2, 0) is 18.0 Å². The zero-order chi connectivity index (χ0) is 13.6. The third-order valence-electron chi connectivity index (χ3n) is 4.03. The van der Waals surface area contributed by atoms with Crippen molar-refractivity contribution in [3.63, 3.8) is 0 Å². The van der Waals surface area contributed by atoms with Crippen LogP contribution in [0.4, 0.5) is 0 Å². The fourth-order valence-electron chi connectivity index (χ4n) is 2.82. The summed E-state index contributed by atoms with van der Waals surface area (Å²) >= 11 is 0. The molecule has 3 rings (SSSR count). The lowest BCUT2D eigenvalue weighted by Gasteiger charge is -2.14. The van der Waals surface area contributed by atoms with E-state index in [1.165, 1.54) is 11.1 Å². The van der Waals surface area contributed by atoms with E-state index in [-0.39, 0.29) is 6.04 Å². The fourth-order valence-corrected chi connectivity index (χ4v) is 2.82. The number of benzene rings is 1. The first kappa shape index (κ1) is 12.5. The molecular formula is C16H19NO2. The highest BCUT2D eigenvalue weighted by atomic mass is 16.5. The number of hydrogen-bond donors (Lipinski definition) is 1. The molecule has 0 spiro atoms. The maximum atomic E-state index is 6.42. The molecule has 1 aromatic heterocycles. The predicted molar refractivity (Wildman–Crippen MR) is 73.9 cm³/mol. The summed E-state index contributed by atoms with van der Waals surface area (Å²) in [6, 6.07) is 6.24.